The van der Waals surface area contributed by atoms with Crippen LogP contribution < -0.4 is 15.4 Å². The van der Waals surface area contributed by atoms with E-state index in [-0.39, 0.29) is 0 Å². The second kappa shape index (κ2) is 10.7. The summed E-state index contributed by atoms with van der Waals surface area (Å²) >= 11 is 0. The number of aliphatic imine (C=N–C) groups is 1. The van der Waals surface area contributed by atoms with Crippen molar-refractivity contribution in [2.24, 2.45) is 4.99 Å². The third-order valence-corrected chi connectivity index (χ3v) is 3.85. The van der Waals surface area contributed by atoms with E-state index in [0.29, 0.717) is 25.4 Å². The van der Waals surface area contributed by atoms with E-state index in [9.17, 15) is 4.79 Å². The van der Waals surface area contributed by atoms with Crippen molar-refractivity contribution < 1.29 is 14.3 Å². The number of amides is 1. The Balaban J connectivity index is 1.77. The highest BCUT2D eigenvalue weighted by atomic mass is 16.5. The third kappa shape index (κ3) is 6.89. The molecule has 2 rings (SSSR count). The van der Waals surface area contributed by atoms with Gasteiger partial charge in [-0.05, 0) is 29.8 Å². The number of rotatable bonds is 7. The van der Waals surface area contributed by atoms with Crippen molar-refractivity contribution in [1.82, 2.24) is 10.2 Å². The number of ether oxygens (including phenoxy) is 2. The van der Waals surface area contributed by atoms with Gasteiger partial charge in [0.05, 0.1) is 13.7 Å². The smallest absolute Gasteiger partial charge is 0.411 e. The predicted octanol–water partition coefficient (Wildman–Crippen LogP) is 2.95. The number of likely N-dealkylation sites (N-methyl/N-ethyl adjacent to an activating group) is 1. The number of nitrogens with one attached hydrogen (secondary N) is 2. The lowest BCUT2D eigenvalue weighted by Gasteiger charge is -2.22. The quantitative estimate of drug-likeness (QED) is 0.579. The van der Waals surface area contributed by atoms with Gasteiger partial charge in [-0.15, -0.1) is 0 Å². The minimum atomic E-state index is -0.486. The monoisotopic (exact) mass is 370 g/mol. The van der Waals surface area contributed by atoms with Crippen LogP contribution >= 0.6 is 0 Å². The highest BCUT2D eigenvalue weighted by Gasteiger charge is 2.06. The standard InChI is InChI=1S/C20H26N4O3/c1-21-19(24(2)13-14-27-18-7-5-4-6-8-18)22-15-16-9-11-17(12-10-16)23-20(25)26-3/h4-12H,13-15H2,1-3H3,(H,21,22)(H,23,25). The Kier molecular flexibility index (Phi) is 7.96. The summed E-state index contributed by atoms with van der Waals surface area (Å²) in [7, 11) is 5.05. The van der Waals surface area contributed by atoms with Gasteiger partial charge in [0.1, 0.15) is 12.4 Å². The maximum atomic E-state index is 11.2. The second-order valence-corrected chi connectivity index (χ2v) is 5.80. The van der Waals surface area contributed by atoms with Crippen LogP contribution in [0.4, 0.5) is 10.5 Å². The molecule has 0 aliphatic rings. The summed E-state index contributed by atoms with van der Waals surface area (Å²) in [5.41, 5.74) is 1.76. The van der Waals surface area contributed by atoms with Crippen LogP contribution in [0.5, 0.6) is 5.75 Å². The van der Waals surface area contributed by atoms with E-state index in [4.69, 9.17) is 4.74 Å². The molecule has 0 atom stereocenters. The number of anilines is 1. The number of hydrogen-bond acceptors (Lipinski definition) is 4. The highest BCUT2D eigenvalue weighted by Crippen LogP contribution is 2.10. The van der Waals surface area contributed by atoms with E-state index in [2.05, 4.69) is 20.4 Å². The molecule has 0 aromatic heterocycles. The lowest BCUT2D eigenvalue weighted by Crippen LogP contribution is -2.40. The normalized spacial score (nSPS) is 10.9. The fraction of sp³-hybridized carbons (Fsp3) is 0.300. The maximum Gasteiger partial charge on any atom is 0.411 e. The Labute approximate surface area is 160 Å². The molecule has 144 valence electrons. The molecule has 0 fully saturated rings. The van der Waals surface area contributed by atoms with Gasteiger partial charge in [0.25, 0.3) is 0 Å². The average molecular weight is 370 g/mol. The molecular weight excluding hydrogens is 344 g/mol. The zero-order valence-corrected chi connectivity index (χ0v) is 15.9. The Morgan fingerprint density at radius 3 is 2.44 bits per heavy atom. The second-order valence-electron chi connectivity index (χ2n) is 5.80. The summed E-state index contributed by atoms with van der Waals surface area (Å²) in [6, 6.07) is 17.3. The van der Waals surface area contributed by atoms with Gasteiger partial charge in [0, 0.05) is 26.3 Å². The first-order chi connectivity index (χ1) is 13.1. The lowest BCUT2D eigenvalue weighted by molar-refractivity contribution is 0.187. The van der Waals surface area contributed by atoms with Gasteiger partial charge >= 0.3 is 6.09 Å². The molecular formula is C20H26N4O3. The molecule has 0 unspecified atom stereocenters. The van der Waals surface area contributed by atoms with Crippen LogP contribution in [0.3, 0.4) is 0 Å². The molecule has 0 radical (unpaired) electrons. The topological polar surface area (TPSA) is 75.2 Å². The summed E-state index contributed by atoms with van der Waals surface area (Å²) < 4.78 is 10.3. The first-order valence-electron chi connectivity index (χ1n) is 8.66. The Hall–Kier alpha value is -3.22. The van der Waals surface area contributed by atoms with E-state index in [1.807, 2.05) is 66.5 Å². The summed E-state index contributed by atoms with van der Waals surface area (Å²) in [4.78, 5) is 17.5. The van der Waals surface area contributed by atoms with Crippen LogP contribution in [0, 0.1) is 0 Å². The molecule has 0 spiro atoms. The van der Waals surface area contributed by atoms with Gasteiger partial charge in [-0.2, -0.15) is 0 Å². The van der Waals surface area contributed by atoms with Crippen LogP contribution in [-0.4, -0.2) is 51.3 Å². The van der Waals surface area contributed by atoms with Crippen LogP contribution in [0.25, 0.3) is 0 Å². The third-order valence-electron chi connectivity index (χ3n) is 3.85. The number of benzene rings is 2. The molecule has 2 aromatic rings. The number of methoxy groups -OCH3 is 1. The number of carbonyl (C=O) groups excluding carboxylic acids is 1. The molecule has 7 heteroatoms. The molecule has 0 aliphatic heterocycles. The summed E-state index contributed by atoms with van der Waals surface area (Å²) in [6.45, 7) is 1.89. The van der Waals surface area contributed by atoms with E-state index < -0.39 is 6.09 Å². The molecule has 0 saturated carbocycles. The van der Waals surface area contributed by atoms with Crippen molar-refractivity contribution >= 4 is 17.7 Å². The van der Waals surface area contributed by atoms with Crippen LogP contribution in [0.15, 0.2) is 59.6 Å². The molecule has 27 heavy (non-hydrogen) atoms. The van der Waals surface area contributed by atoms with Crippen LogP contribution in [0.2, 0.25) is 0 Å². The number of hydrogen-bond donors (Lipinski definition) is 2. The summed E-state index contributed by atoms with van der Waals surface area (Å²) in [5, 5.41) is 5.94. The van der Waals surface area contributed by atoms with Crippen LogP contribution in [0.1, 0.15) is 5.56 Å². The molecule has 0 aliphatic carbocycles. The SMILES string of the molecule is CN=C(NCc1ccc(NC(=O)OC)cc1)N(C)CCOc1ccccc1. The Morgan fingerprint density at radius 1 is 1.11 bits per heavy atom. The van der Waals surface area contributed by atoms with Crippen LogP contribution in [-0.2, 0) is 11.3 Å². The Morgan fingerprint density at radius 2 is 1.81 bits per heavy atom. The summed E-state index contributed by atoms with van der Waals surface area (Å²) in [5.74, 6) is 1.64. The van der Waals surface area contributed by atoms with Crippen molar-refractivity contribution in [2.45, 2.75) is 6.54 Å². The molecule has 0 bridgehead atoms. The van der Waals surface area contributed by atoms with Gasteiger partial charge in [-0.3, -0.25) is 10.3 Å². The van der Waals surface area contributed by atoms with Gasteiger partial charge in [-0.1, -0.05) is 30.3 Å². The average Bonchev–Trinajstić information content (AvgIpc) is 2.70. The zero-order chi connectivity index (χ0) is 19.5. The zero-order valence-electron chi connectivity index (χ0n) is 15.9. The summed E-state index contributed by atoms with van der Waals surface area (Å²) in [6.07, 6.45) is -0.486. The van der Waals surface area contributed by atoms with Crippen molar-refractivity contribution in [2.75, 3.05) is 39.7 Å². The fourth-order valence-electron chi connectivity index (χ4n) is 2.36. The van der Waals surface area contributed by atoms with Crippen molar-refractivity contribution in [3.63, 3.8) is 0 Å². The largest absolute Gasteiger partial charge is 0.492 e. The first-order valence-corrected chi connectivity index (χ1v) is 8.66. The minimum Gasteiger partial charge on any atom is -0.492 e. The van der Waals surface area contributed by atoms with Gasteiger partial charge in [-0.25, -0.2) is 4.79 Å². The molecule has 0 heterocycles. The molecule has 0 saturated heterocycles. The van der Waals surface area contributed by atoms with Gasteiger partial charge in [0.2, 0.25) is 0 Å². The van der Waals surface area contributed by atoms with E-state index in [0.717, 1.165) is 17.3 Å². The first kappa shape index (κ1) is 20.1. The molecule has 1 amide bonds. The number of nitrogens with zero attached hydrogens (tertiary/aromatic N) is 2. The maximum absolute atomic E-state index is 11.2. The minimum absolute atomic E-state index is 0.486. The number of para-hydroxylation sites is 1. The van der Waals surface area contributed by atoms with Crippen molar-refractivity contribution in [3.8, 4) is 5.75 Å². The van der Waals surface area contributed by atoms with E-state index in [1.54, 1.807) is 7.05 Å². The number of guanidine groups is 1. The van der Waals surface area contributed by atoms with Crippen molar-refractivity contribution in [3.05, 3.63) is 60.2 Å². The van der Waals surface area contributed by atoms with E-state index >= 15 is 0 Å². The van der Waals surface area contributed by atoms with E-state index in [1.165, 1.54) is 7.11 Å². The molecule has 7 nitrogen and oxygen atoms in total. The fourth-order valence-corrected chi connectivity index (χ4v) is 2.36. The number of carbonyl (C=O) groups is 1. The Bertz CT molecular complexity index is 733. The molecule has 2 aromatic carbocycles. The predicted molar refractivity (Wildman–Crippen MR) is 107 cm³/mol. The van der Waals surface area contributed by atoms with Crippen molar-refractivity contribution in [1.29, 1.82) is 0 Å². The van der Waals surface area contributed by atoms with Gasteiger partial charge < -0.3 is 19.7 Å². The van der Waals surface area contributed by atoms with Gasteiger partial charge in [0.15, 0.2) is 5.96 Å². The lowest BCUT2D eigenvalue weighted by atomic mass is 10.2. The highest BCUT2D eigenvalue weighted by molar-refractivity contribution is 5.84. The molecule has 2 N–H and O–H groups in total.